The first-order chi connectivity index (χ1) is 8.90. The summed E-state index contributed by atoms with van der Waals surface area (Å²) in [6.07, 6.45) is 0. The number of halogens is 3. The van der Waals surface area contributed by atoms with Gasteiger partial charge in [0, 0.05) is 0 Å². The molecule has 0 atom stereocenters. The van der Waals surface area contributed by atoms with Crippen LogP contribution in [0.15, 0.2) is 47.4 Å². The van der Waals surface area contributed by atoms with Gasteiger partial charge in [-0.2, -0.15) is 0 Å². The SMILES string of the molecule is Cc1ccc(S(=O)(=O)Nc2cccc(Cl)c2Cl)cc1.[F-]. The van der Waals surface area contributed by atoms with Gasteiger partial charge in [-0.05, 0) is 31.2 Å². The van der Waals surface area contributed by atoms with Gasteiger partial charge in [0.05, 0.1) is 20.6 Å². The molecular weight excluding hydrogens is 324 g/mol. The molecule has 3 nitrogen and oxygen atoms in total. The maximum absolute atomic E-state index is 12.2. The number of rotatable bonds is 3. The lowest BCUT2D eigenvalue weighted by Crippen LogP contribution is -3.00. The maximum Gasteiger partial charge on any atom is 0.261 e. The van der Waals surface area contributed by atoms with Crippen molar-refractivity contribution in [2.24, 2.45) is 0 Å². The number of nitrogens with one attached hydrogen (secondary N) is 1. The monoisotopic (exact) mass is 334 g/mol. The Morgan fingerprint density at radius 3 is 2.20 bits per heavy atom. The molecule has 0 aromatic heterocycles. The molecule has 0 aliphatic rings. The highest BCUT2D eigenvalue weighted by atomic mass is 35.5. The van der Waals surface area contributed by atoms with Gasteiger partial charge in [0.1, 0.15) is 0 Å². The number of aryl methyl sites for hydroxylation is 1. The lowest BCUT2D eigenvalue weighted by atomic mass is 10.2. The molecule has 0 spiro atoms. The van der Waals surface area contributed by atoms with Crippen LogP contribution in [0.5, 0.6) is 0 Å². The van der Waals surface area contributed by atoms with Crippen molar-refractivity contribution >= 4 is 38.9 Å². The van der Waals surface area contributed by atoms with E-state index >= 15 is 0 Å². The van der Waals surface area contributed by atoms with Crippen molar-refractivity contribution in [2.75, 3.05) is 4.72 Å². The van der Waals surface area contributed by atoms with Crippen LogP contribution >= 0.6 is 23.2 Å². The van der Waals surface area contributed by atoms with Crippen molar-refractivity contribution in [3.63, 3.8) is 0 Å². The summed E-state index contributed by atoms with van der Waals surface area (Å²) in [7, 11) is -3.66. The molecule has 0 aliphatic carbocycles. The molecule has 7 heteroatoms. The van der Waals surface area contributed by atoms with E-state index in [1.807, 2.05) is 6.92 Å². The van der Waals surface area contributed by atoms with Crippen molar-refractivity contribution in [2.45, 2.75) is 11.8 Å². The van der Waals surface area contributed by atoms with Gasteiger partial charge < -0.3 is 4.70 Å². The van der Waals surface area contributed by atoms with Crippen LogP contribution in [0.4, 0.5) is 5.69 Å². The fourth-order valence-corrected chi connectivity index (χ4v) is 2.98. The molecule has 0 fully saturated rings. The molecule has 2 aromatic rings. The Balaban J connectivity index is 0.00000200. The van der Waals surface area contributed by atoms with Crippen molar-refractivity contribution in [3.8, 4) is 0 Å². The minimum atomic E-state index is -3.66. The summed E-state index contributed by atoms with van der Waals surface area (Å²) in [5, 5.41) is 0.477. The topological polar surface area (TPSA) is 46.2 Å². The van der Waals surface area contributed by atoms with E-state index < -0.39 is 10.0 Å². The third kappa shape index (κ3) is 3.62. The largest absolute Gasteiger partial charge is 1.00 e. The molecule has 2 aromatic carbocycles. The Hall–Kier alpha value is -1.30. The first-order valence-corrected chi connectivity index (χ1v) is 7.67. The fraction of sp³-hybridized carbons (Fsp3) is 0.0769. The Morgan fingerprint density at radius 1 is 1.00 bits per heavy atom. The second-order valence-electron chi connectivity index (χ2n) is 4.02. The van der Waals surface area contributed by atoms with Gasteiger partial charge in [-0.15, -0.1) is 0 Å². The summed E-state index contributed by atoms with van der Waals surface area (Å²) >= 11 is 11.8. The summed E-state index contributed by atoms with van der Waals surface area (Å²) in [4.78, 5) is 0.175. The van der Waals surface area contributed by atoms with Crippen LogP contribution in [0, 0.1) is 6.92 Å². The lowest BCUT2D eigenvalue weighted by Gasteiger charge is -2.10. The average molecular weight is 335 g/mol. The number of anilines is 1. The standard InChI is InChI=1S/C13H11Cl2NO2S.FH/c1-9-5-7-10(8-6-9)19(17,18)16-12-4-2-3-11(14)13(12)15;/h2-8,16H,1H3;1H/p-1. The Kier molecular flexibility index (Phi) is 5.39. The highest BCUT2D eigenvalue weighted by Gasteiger charge is 2.16. The number of benzene rings is 2. The van der Waals surface area contributed by atoms with Gasteiger partial charge in [-0.3, -0.25) is 4.72 Å². The molecular formula is C13H11Cl2FNO2S-. The second-order valence-corrected chi connectivity index (χ2v) is 6.49. The molecule has 2 rings (SSSR count). The van der Waals surface area contributed by atoms with Gasteiger partial charge in [-0.1, -0.05) is 47.0 Å². The van der Waals surface area contributed by atoms with Crippen LogP contribution in [-0.4, -0.2) is 8.42 Å². The first-order valence-electron chi connectivity index (χ1n) is 5.43. The summed E-state index contributed by atoms with van der Waals surface area (Å²) in [5.74, 6) is 0. The van der Waals surface area contributed by atoms with Gasteiger partial charge in [-0.25, -0.2) is 8.42 Å². The lowest BCUT2D eigenvalue weighted by molar-refractivity contribution is -0.00000610. The molecule has 0 radical (unpaired) electrons. The maximum atomic E-state index is 12.2. The zero-order valence-corrected chi connectivity index (χ0v) is 12.7. The van der Waals surface area contributed by atoms with E-state index in [2.05, 4.69) is 4.72 Å². The summed E-state index contributed by atoms with van der Waals surface area (Å²) in [6.45, 7) is 1.89. The van der Waals surface area contributed by atoms with Crippen LogP contribution in [0.2, 0.25) is 10.0 Å². The molecule has 0 saturated heterocycles. The second kappa shape index (κ2) is 6.43. The van der Waals surface area contributed by atoms with E-state index in [9.17, 15) is 8.42 Å². The molecule has 1 N–H and O–H groups in total. The Morgan fingerprint density at radius 2 is 1.60 bits per heavy atom. The quantitative estimate of drug-likeness (QED) is 0.913. The summed E-state index contributed by atoms with van der Waals surface area (Å²) < 4.78 is 26.7. The highest BCUT2D eigenvalue weighted by molar-refractivity contribution is 7.92. The molecule has 0 unspecified atom stereocenters. The van der Waals surface area contributed by atoms with Gasteiger partial charge in [0.25, 0.3) is 10.0 Å². The van der Waals surface area contributed by atoms with Crippen molar-refractivity contribution < 1.29 is 13.1 Å². The fourth-order valence-electron chi connectivity index (χ4n) is 1.50. The molecule has 0 bridgehead atoms. The van der Waals surface area contributed by atoms with E-state index in [0.29, 0.717) is 5.02 Å². The third-order valence-electron chi connectivity index (χ3n) is 2.53. The predicted octanol–water partition coefficient (Wildman–Crippen LogP) is 1.11. The van der Waals surface area contributed by atoms with Gasteiger partial charge in [0.15, 0.2) is 0 Å². The van der Waals surface area contributed by atoms with Gasteiger partial charge in [0.2, 0.25) is 0 Å². The first kappa shape index (κ1) is 16.8. The number of hydrogen-bond donors (Lipinski definition) is 1. The predicted molar refractivity (Wildman–Crippen MR) is 78.4 cm³/mol. The van der Waals surface area contributed by atoms with Crippen LogP contribution in [0.1, 0.15) is 5.56 Å². The van der Waals surface area contributed by atoms with Crippen molar-refractivity contribution in [1.82, 2.24) is 0 Å². The van der Waals surface area contributed by atoms with Crippen molar-refractivity contribution in [1.29, 1.82) is 0 Å². The van der Waals surface area contributed by atoms with Crippen LogP contribution < -0.4 is 9.43 Å². The van der Waals surface area contributed by atoms with E-state index in [1.165, 1.54) is 12.1 Å². The summed E-state index contributed by atoms with van der Waals surface area (Å²) in [6, 6.07) is 11.3. The molecule has 0 amide bonds. The molecule has 108 valence electrons. The van der Waals surface area contributed by atoms with E-state index in [-0.39, 0.29) is 20.3 Å². The molecule has 0 heterocycles. The number of sulfonamides is 1. The Bertz CT molecular complexity index is 703. The van der Waals surface area contributed by atoms with Crippen LogP contribution in [0.3, 0.4) is 0 Å². The minimum absolute atomic E-state index is 0. The van der Waals surface area contributed by atoms with E-state index in [4.69, 9.17) is 23.2 Å². The van der Waals surface area contributed by atoms with Crippen LogP contribution in [-0.2, 0) is 10.0 Å². The highest BCUT2D eigenvalue weighted by Crippen LogP contribution is 2.31. The molecule has 20 heavy (non-hydrogen) atoms. The zero-order valence-electron chi connectivity index (χ0n) is 10.4. The average Bonchev–Trinajstić information content (AvgIpc) is 2.35. The zero-order chi connectivity index (χ0) is 14.0. The smallest absolute Gasteiger partial charge is 0.261 e. The van der Waals surface area contributed by atoms with Crippen LogP contribution in [0.25, 0.3) is 0 Å². The summed E-state index contributed by atoms with van der Waals surface area (Å²) in [5.41, 5.74) is 1.24. The van der Waals surface area contributed by atoms with Gasteiger partial charge >= 0.3 is 0 Å². The molecule has 0 saturated carbocycles. The Labute approximate surface area is 126 Å². The number of hydrogen-bond acceptors (Lipinski definition) is 2. The minimum Gasteiger partial charge on any atom is -1.00 e. The third-order valence-corrected chi connectivity index (χ3v) is 4.73. The van der Waals surface area contributed by atoms with E-state index in [1.54, 1.807) is 30.3 Å². The van der Waals surface area contributed by atoms with Crippen molar-refractivity contribution in [3.05, 3.63) is 58.1 Å². The normalized spacial score (nSPS) is 10.8. The molecule has 0 aliphatic heterocycles. The van der Waals surface area contributed by atoms with E-state index in [0.717, 1.165) is 5.56 Å².